The summed E-state index contributed by atoms with van der Waals surface area (Å²) < 4.78 is 11.6. The first-order valence-electron chi connectivity index (χ1n) is 13.9. The topological polar surface area (TPSA) is 62.3 Å². The Morgan fingerprint density at radius 2 is 1.95 bits per heavy atom. The molecule has 8 heteroatoms. The lowest BCUT2D eigenvalue weighted by atomic mass is 9.88. The highest BCUT2D eigenvalue weighted by Gasteiger charge is 2.33. The molecule has 0 bridgehead atoms. The van der Waals surface area contributed by atoms with Gasteiger partial charge in [0.2, 0.25) is 5.91 Å². The van der Waals surface area contributed by atoms with Crippen molar-refractivity contribution < 1.29 is 19.1 Å². The van der Waals surface area contributed by atoms with Crippen LogP contribution >= 0.6 is 11.6 Å². The normalized spacial score (nSPS) is 18.7. The first kappa shape index (κ1) is 26.8. The third-order valence-electron chi connectivity index (χ3n) is 8.15. The average molecular weight is 540 g/mol. The van der Waals surface area contributed by atoms with Gasteiger partial charge in [-0.15, -0.1) is 0 Å². The molecule has 5 rings (SSSR count). The van der Waals surface area contributed by atoms with E-state index in [1.165, 1.54) is 53.0 Å². The predicted molar refractivity (Wildman–Crippen MR) is 148 cm³/mol. The zero-order valence-electron chi connectivity index (χ0n) is 22.5. The molecule has 0 N–H and O–H groups in total. The molecule has 0 radical (unpaired) electrons. The Bertz CT molecular complexity index is 1170. The van der Waals surface area contributed by atoms with Gasteiger partial charge in [0.25, 0.3) is 0 Å². The number of halogens is 1. The predicted octanol–water partition coefficient (Wildman–Crippen LogP) is 5.69. The highest BCUT2D eigenvalue weighted by atomic mass is 35.5. The number of hydrogen-bond acceptors (Lipinski definition) is 5. The van der Waals surface area contributed by atoms with E-state index >= 15 is 0 Å². The second-order valence-corrected chi connectivity index (χ2v) is 11.3. The Morgan fingerprint density at radius 3 is 2.68 bits per heavy atom. The van der Waals surface area contributed by atoms with E-state index < -0.39 is 0 Å². The van der Waals surface area contributed by atoms with Crippen LogP contribution in [-0.4, -0.2) is 66.5 Å². The number of ether oxygens (including phenoxy) is 2. The fraction of sp³-hybridized carbons (Fsp3) is 0.533. The van der Waals surface area contributed by atoms with Crippen LogP contribution in [0.5, 0.6) is 11.5 Å². The van der Waals surface area contributed by atoms with Crippen molar-refractivity contribution in [3.05, 3.63) is 58.1 Å². The second-order valence-electron chi connectivity index (χ2n) is 10.9. The lowest BCUT2D eigenvalue weighted by Crippen LogP contribution is -2.35. The first-order chi connectivity index (χ1) is 18.4. The van der Waals surface area contributed by atoms with Crippen molar-refractivity contribution in [3.63, 3.8) is 0 Å². The van der Waals surface area contributed by atoms with E-state index in [1.54, 1.807) is 7.05 Å². The maximum atomic E-state index is 12.1. The summed E-state index contributed by atoms with van der Waals surface area (Å²) in [6, 6.07) is 12.6. The van der Waals surface area contributed by atoms with Crippen molar-refractivity contribution in [1.29, 1.82) is 0 Å². The molecule has 1 aliphatic carbocycles. The summed E-state index contributed by atoms with van der Waals surface area (Å²) in [7, 11) is 1.62. The minimum absolute atomic E-state index is 0.114. The standard InChI is InChI=1S/C30H38ClN3O4/c1-21(24-9-11-27-25(17-24)12-14-37-27)33(18-22-6-4-3-5-7-22)19-23-8-10-28(26(31)16-23)38-15-13-34-29(35)20-32(2)30(34)36/h8-11,16-17,21-22H,3-7,12-15,18-20H2,1-2H3. The van der Waals surface area contributed by atoms with Crippen LogP contribution in [-0.2, 0) is 17.8 Å². The molecular formula is C30H38ClN3O4. The van der Waals surface area contributed by atoms with E-state index in [4.69, 9.17) is 21.1 Å². The molecule has 0 spiro atoms. The Kier molecular flexibility index (Phi) is 8.44. The lowest BCUT2D eigenvalue weighted by molar-refractivity contribution is -0.125. The summed E-state index contributed by atoms with van der Waals surface area (Å²) >= 11 is 6.63. The van der Waals surface area contributed by atoms with E-state index in [0.717, 1.165) is 43.3 Å². The number of carbonyl (C=O) groups excluding carboxylic acids is 2. The van der Waals surface area contributed by atoms with Gasteiger partial charge in [-0.25, -0.2) is 4.79 Å². The number of hydrogen-bond donors (Lipinski definition) is 0. The smallest absolute Gasteiger partial charge is 0.327 e. The summed E-state index contributed by atoms with van der Waals surface area (Å²) in [5, 5.41) is 0.540. The SMILES string of the molecule is CC(c1ccc2c(c1)CCO2)N(Cc1ccc(OCCN2C(=O)CN(C)C2=O)c(Cl)c1)CC1CCCCC1. The van der Waals surface area contributed by atoms with Crippen molar-refractivity contribution in [2.75, 3.05) is 39.9 Å². The molecule has 7 nitrogen and oxygen atoms in total. The molecule has 204 valence electrons. The molecular weight excluding hydrogens is 502 g/mol. The lowest BCUT2D eigenvalue weighted by Gasteiger charge is -2.34. The van der Waals surface area contributed by atoms with Crippen LogP contribution in [0.2, 0.25) is 5.02 Å². The average Bonchev–Trinajstić information content (AvgIpc) is 3.48. The fourth-order valence-corrected chi connectivity index (χ4v) is 6.13. The van der Waals surface area contributed by atoms with E-state index in [9.17, 15) is 9.59 Å². The van der Waals surface area contributed by atoms with Gasteiger partial charge in [-0.3, -0.25) is 14.6 Å². The molecule has 2 aromatic rings. The van der Waals surface area contributed by atoms with Crippen LogP contribution in [0.3, 0.4) is 0 Å². The van der Waals surface area contributed by atoms with Gasteiger partial charge in [0.15, 0.2) is 0 Å². The molecule has 38 heavy (non-hydrogen) atoms. The van der Waals surface area contributed by atoms with Crippen LogP contribution in [0.25, 0.3) is 0 Å². The van der Waals surface area contributed by atoms with Crippen molar-refractivity contribution >= 4 is 23.5 Å². The number of nitrogens with zero attached hydrogens (tertiary/aromatic N) is 3. The van der Waals surface area contributed by atoms with Crippen LogP contribution in [0.4, 0.5) is 4.79 Å². The monoisotopic (exact) mass is 539 g/mol. The zero-order chi connectivity index (χ0) is 26.6. The maximum Gasteiger partial charge on any atom is 0.327 e. The highest BCUT2D eigenvalue weighted by molar-refractivity contribution is 6.32. The van der Waals surface area contributed by atoms with Crippen molar-refractivity contribution in [2.45, 2.75) is 58.0 Å². The number of urea groups is 1. The van der Waals surface area contributed by atoms with Crippen LogP contribution in [0.1, 0.15) is 61.8 Å². The molecule has 3 amide bonds. The molecule has 3 aliphatic rings. The Labute approximate surface area is 230 Å². The minimum Gasteiger partial charge on any atom is -0.493 e. The number of likely N-dealkylation sites (N-methyl/N-ethyl adjacent to an activating group) is 1. The summed E-state index contributed by atoms with van der Waals surface area (Å²) in [5.41, 5.74) is 3.77. The molecule has 1 saturated heterocycles. The van der Waals surface area contributed by atoms with Crippen molar-refractivity contribution in [1.82, 2.24) is 14.7 Å². The number of imide groups is 1. The molecule has 1 unspecified atom stereocenters. The van der Waals surface area contributed by atoms with Crippen LogP contribution < -0.4 is 9.47 Å². The van der Waals surface area contributed by atoms with Gasteiger partial charge in [0, 0.05) is 32.6 Å². The highest BCUT2D eigenvalue weighted by Crippen LogP contribution is 2.34. The van der Waals surface area contributed by atoms with Crippen molar-refractivity contribution in [2.24, 2.45) is 5.92 Å². The first-order valence-corrected chi connectivity index (χ1v) is 14.2. The number of fused-ring (bicyclic) bond motifs is 1. The fourth-order valence-electron chi connectivity index (χ4n) is 5.87. The Balaban J connectivity index is 1.25. The molecule has 1 atom stereocenters. The van der Waals surface area contributed by atoms with E-state index in [0.29, 0.717) is 10.8 Å². The molecule has 2 heterocycles. The van der Waals surface area contributed by atoms with E-state index in [-0.39, 0.29) is 37.7 Å². The maximum absolute atomic E-state index is 12.1. The molecule has 0 aromatic heterocycles. The van der Waals surface area contributed by atoms with Gasteiger partial charge in [-0.05, 0) is 60.6 Å². The second kappa shape index (κ2) is 12.0. The van der Waals surface area contributed by atoms with Gasteiger partial charge in [-0.1, -0.05) is 49.1 Å². The van der Waals surface area contributed by atoms with Crippen LogP contribution in [0.15, 0.2) is 36.4 Å². The van der Waals surface area contributed by atoms with Gasteiger partial charge in [0.05, 0.1) is 18.2 Å². The number of carbonyl (C=O) groups is 2. The van der Waals surface area contributed by atoms with Gasteiger partial charge >= 0.3 is 6.03 Å². The largest absolute Gasteiger partial charge is 0.493 e. The zero-order valence-corrected chi connectivity index (χ0v) is 23.2. The van der Waals surface area contributed by atoms with Gasteiger partial charge in [0.1, 0.15) is 24.7 Å². The molecule has 2 aliphatic heterocycles. The summed E-state index contributed by atoms with van der Waals surface area (Å²) in [4.78, 5) is 29.3. The number of amides is 3. The third-order valence-corrected chi connectivity index (χ3v) is 8.44. The number of rotatable bonds is 10. The third kappa shape index (κ3) is 6.10. The van der Waals surface area contributed by atoms with Crippen LogP contribution in [0, 0.1) is 5.92 Å². The molecule has 2 aromatic carbocycles. The van der Waals surface area contributed by atoms with E-state index in [2.05, 4.69) is 36.1 Å². The van der Waals surface area contributed by atoms with Gasteiger partial charge in [-0.2, -0.15) is 0 Å². The van der Waals surface area contributed by atoms with E-state index in [1.807, 2.05) is 12.1 Å². The molecule has 2 fully saturated rings. The summed E-state index contributed by atoms with van der Waals surface area (Å²) in [5.74, 6) is 2.10. The quantitative estimate of drug-likeness (QED) is 0.363. The molecule has 1 saturated carbocycles. The number of benzene rings is 2. The van der Waals surface area contributed by atoms with Gasteiger partial charge < -0.3 is 14.4 Å². The summed E-state index contributed by atoms with van der Waals surface area (Å²) in [6.07, 6.45) is 7.58. The minimum atomic E-state index is -0.289. The Morgan fingerprint density at radius 1 is 1.13 bits per heavy atom. The summed E-state index contributed by atoms with van der Waals surface area (Å²) in [6.45, 7) is 5.47. The van der Waals surface area contributed by atoms with Crippen molar-refractivity contribution in [3.8, 4) is 11.5 Å². The Hall–Kier alpha value is -2.77.